The Hall–Kier alpha value is -1.78. The number of ketones is 3. The molecule has 0 saturated carbocycles. The van der Waals surface area contributed by atoms with E-state index in [0.717, 1.165) is 0 Å². The number of unbranched alkanes of at least 4 members (excludes halogenated alkanes) is 1. The van der Waals surface area contributed by atoms with Gasteiger partial charge in [0.25, 0.3) is 0 Å². The highest BCUT2D eigenvalue weighted by molar-refractivity contribution is 5.72. The molecule has 46 heavy (non-hydrogen) atoms. The van der Waals surface area contributed by atoms with Crippen molar-refractivity contribution >= 4 is 23.3 Å². The van der Waals surface area contributed by atoms with Crippen LogP contribution >= 0.6 is 0 Å². The molecule has 0 bridgehead atoms. The average molecular weight is 681 g/mol. The number of carbonyl (C=O) groups excluding carboxylic acids is 4. The van der Waals surface area contributed by atoms with Crippen molar-refractivity contribution in [2.75, 3.05) is 7.11 Å². The van der Waals surface area contributed by atoms with Crippen molar-refractivity contribution in [1.82, 2.24) is 0 Å². The molecule has 0 aromatic carbocycles. The Morgan fingerprint density at radius 1 is 0.370 bits per heavy atom. The van der Waals surface area contributed by atoms with Crippen molar-refractivity contribution in [2.45, 2.75) is 235 Å². The molecular formula is C41H108O5. The summed E-state index contributed by atoms with van der Waals surface area (Å²) in [6.45, 7) is 64.9. The summed E-state index contributed by atoms with van der Waals surface area (Å²) in [6.07, 6.45) is 2.64. The molecule has 0 aromatic heterocycles. The zero-order valence-electron chi connectivity index (χ0n) is 38.9. The van der Waals surface area contributed by atoms with Gasteiger partial charge in [0.1, 0.15) is 17.3 Å². The smallest absolute Gasteiger partial charge is 0.302 e. The molecule has 302 valence electrons. The lowest BCUT2D eigenvalue weighted by molar-refractivity contribution is -0.138. The summed E-state index contributed by atoms with van der Waals surface area (Å²) in [5.74, 6) is 0.255. The van der Waals surface area contributed by atoms with Crippen LogP contribution in [0.2, 0.25) is 0 Å². The third-order valence-corrected chi connectivity index (χ3v) is 0.787. The summed E-state index contributed by atoms with van der Waals surface area (Å²) in [4.78, 5) is 37.9. The van der Waals surface area contributed by atoms with Crippen LogP contribution in [0.25, 0.3) is 0 Å². The molecule has 5 heteroatoms. The van der Waals surface area contributed by atoms with Gasteiger partial charge in [0, 0.05) is 6.92 Å². The van der Waals surface area contributed by atoms with Crippen molar-refractivity contribution in [3.8, 4) is 0 Å². The van der Waals surface area contributed by atoms with Crippen LogP contribution in [0.4, 0.5) is 0 Å². The first kappa shape index (κ1) is 120. The van der Waals surface area contributed by atoms with Crippen molar-refractivity contribution in [2.24, 2.45) is 0 Å². The molecule has 0 aliphatic carbocycles. The van der Waals surface area contributed by atoms with Crippen molar-refractivity contribution in [3.05, 3.63) is 13.2 Å². The predicted octanol–water partition coefficient (Wildman–Crippen LogP) is 16.5. The van der Waals surface area contributed by atoms with E-state index in [4.69, 9.17) is 0 Å². The summed E-state index contributed by atoms with van der Waals surface area (Å²) in [7, 11) is 1.35. The third kappa shape index (κ3) is 48200. The number of methoxy groups -OCH3 is 1. The Bertz CT molecular complexity index is 233. The molecular weight excluding hydrogens is 572 g/mol. The Kier molecular flexibility index (Phi) is 1150. The van der Waals surface area contributed by atoms with E-state index >= 15 is 0 Å². The maximum atomic E-state index is 9.59. The van der Waals surface area contributed by atoms with E-state index in [2.05, 4.69) is 31.7 Å². The van der Waals surface area contributed by atoms with Gasteiger partial charge < -0.3 is 19.1 Å². The van der Waals surface area contributed by atoms with Gasteiger partial charge in [0.15, 0.2) is 0 Å². The molecule has 0 spiro atoms. The molecule has 0 rings (SSSR count). The molecule has 5 nitrogen and oxygen atoms in total. The van der Waals surface area contributed by atoms with E-state index in [1.807, 2.05) is 152 Å². The minimum absolute atomic E-state index is 0. The molecule has 0 N–H and O–H groups in total. The van der Waals surface area contributed by atoms with Gasteiger partial charge in [-0.05, 0) is 41.5 Å². The molecule has 0 saturated heterocycles. The SMILES string of the molecule is C.C=C.CC.CC.CC.CC.CC.CC.CC.CC.CC.CC.CC.CC(C)=O.CC(C)=O.CC(C)=O.CCCC.COC(C)=O. The fourth-order valence-electron chi connectivity index (χ4n) is 0. The van der Waals surface area contributed by atoms with Gasteiger partial charge in [0.05, 0.1) is 7.11 Å². The van der Waals surface area contributed by atoms with Crippen LogP contribution in [0, 0.1) is 0 Å². The zero-order valence-corrected chi connectivity index (χ0v) is 38.9. The topological polar surface area (TPSA) is 77.5 Å². The normalized spacial score (nSPS) is 4.61. The lowest BCUT2D eigenvalue weighted by atomic mass is 10.4. The number of hydrogen-bond acceptors (Lipinski definition) is 5. The molecule has 0 amide bonds. The second-order valence-electron chi connectivity index (χ2n) is 4.42. The molecule has 0 heterocycles. The average Bonchev–Trinajstić information content (AvgIpc) is 3.11. The third-order valence-electron chi connectivity index (χ3n) is 0.787. The number of Topliss-reactive ketones (excluding diaryl/α,β-unsaturated/α-hetero) is 3. The minimum Gasteiger partial charge on any atom is -0.469 e. The largest absolute Gasteiger partial charge is 0.469 e. The van der Waals surface area contributed by atoms with Crippen LogP contribution < -0.4 is 0 Å². The van der Waals surface area contributed by atoms with E-state index in [0.29, 0.717) is 0 Å². The molecule has 0 radical (unpaired) electrons. The maximum absolute atomic E-state index is 9.59. The lowest BCUT2D eigenvalue weighted by Gasteiger charge is -1.80. The number of hydrogen-bond donors (Lipinski definition) is 0. The van der Waals surface area contributed by atoms with Crippen LogP contribution in [0.5, 0.6) is 0 Å². The molecule has 0 atom stereocenters. The quantitative estimate of drug-likeness (QED) is 0.203. The van der Waals surface area contributed by atoms with Crippen LogP contribution in [-0.2, 0) is 23.9 Å². The van der Waals surface area contributed by atoms with Crippen molar-refractivity contribution in [1.29, 1.82) is 0 Å². The van der Waals surface area contributed by atoms with Crippen molar-refractivity contribution in [3.63, 3.8) is 0 Å². The summed E-state index contributed by atoms with van der Waals surface area (Å²) in [5, 5.41) is 0. The summed E-state index contributed by atoms with van der Waals surface area (Å²) >= 11 is 0. The standard InChI is InChI=1S/C4H10.C3H6O2.3C3H6O.11C2H6.C2H4.CH4/c1-3-4-2;1-3(4)5-2;3*1-3(2)4;12*1-2;/h3-4H2,1-2H3;1-2H3;3*1-2H3;11*1-2H3;1-2H2;1H4. The summed E-state index contributed by atoms with van der Waals surface area (Å²) in [5.41, 5.74) is 0. The fraction of sp³-hybridized carbons (Fsp3) is 0.854. The van der Waals surface area contributed by atoms with Gasteiger partial charge in [-0.15, -0.1) is 13.2 Å². The van der Waals surface area contributed by atoms with Gasteiger partial charge in [-0.25, -0.2) is 0 Å². The van der Waals surface area contributed by atoms with E-state index in [-0.39, 0.29) is 30.7 Å². The van der Waals surface area contributed by atoms with Gasteiger partial charge in [0.2, 0.25) is 0 Å². The number of ether oxygens (including phenoxy) is 1. The van der Waals surface area contributed by atoms with E-state index in [1.165, 1.54) is 68.4 Å². The van der Waals surface area contributed by atoms with Crippen LogP contribution in [0.3, 0.4) is 0 Å². The molecule has 0 aliphatic rings. The first-order chi connectivity index (χ1) is 21.4. The van der Waals surface area contributed by atoms with Gasteiger partial charge in [-0.2, -0.15) is 0 Å². The van der Waals surface area contributed by atoms with E-state index in [1.54, 1.807) is 0 Å². The van der Waals surface area contributed by atoms with Gasteiger partial charge in [-0.1, -0.05) is 186 Å². The highest BCUT2D eigenvalue weighted by atomic mass is 16.5. The second-order valence-corrected chi connectivity index (χ2v) is 4.42. The molecule has 0 fully saturated rings. The first-order valence-corrected chi connectivity index (χ1v) is 18.3. The van der Waals surface area contributed by atoms with Crippen molar-refractivity contribution < 1.29 is 23.9 Å². The first-order valence-electron chi connectivity index (χ1n) is 18.3. The van der Waals surface area contributed by atoms with Gasteiger partial charge in [-0.3, -0.25) is 4.79 Å². The second kappa shape index (κ2) is 441. The molecule has 0 aromatic rings. The highest BCUT2D eigenvalue weighted by Crippen LogP contribution is 1.76. The monoisotopic (exact) mass is 681 g/mol. The maximum Gasteiger partial charge on any atom is 0.302 e. The van der Waals surface area contributed by atoms with E-state index in [9.17, 15) is 19.2 Å². The number of carbonyl (C=O) groups is 4. The summed E-state index contributed by atoms with van der Waals surface area (Å²) in [6, 6.07) is 0. The minimum atomic E-state index is -0.245. The Balaban J connectivity index is -0.0000000115. The summed E-state index contributed by atoms with van der Waals surface area (Å²) < 4.78 is 4.11. The number of rotatable bonds is 1. The van der Waals surface area contributed by atoms with Gasteiger partial charge >= 0.3 is 5.97 Å². The van der Waals surface area contributed by atoms with Crippen LogP contribution in [-0.4, -0.2) is 30.4 Å². The van der Waals surface area contributed by atoms with Crippen LogP contribution in [0.15, 0.2) is 13.2 Å². The lowest BCUT2D eigenvalue weighted by Crippen LogP contribution is -1.88. The number of esters is 1. The highest BCUT2D eigenvalue weighted by Gasteiger charge is 1.75. The van der Waals surface area contributed by atoms with Crippen LogP contribution in [0.1, 0.15) is 235 Å². The predicted molar refractivity (Wildman–Crippen MR) is 230 cm³/mol. The van der Waals surface area contributed by atoms with E-state index < -0.39 is 0 Å². The Morgan fingerprint density at radius 2 is 0.413 bits per heavy atom. The molecule has 0 unspecified atom stereocenters. The molecule has 0 aliphatic heterocycles. The Labute approximate surface area is 302 Å². The zero-order chi connectivity index (χ0) is 42.4. The Morgan fingerprint density at radius 3 is 0.413 bits per heavy atom. The fourth-order valence-corrected chi connectivity index (χ4v) is 0.